The summed E-state index contributed by atoms with van der Waals surface area (Å²) in [5, 5.41) is 20.8. The van der Waals surface area contributed by atoms with Gasteiger partial charge in [-0.15, -0.1) is 11.8 Å². The van der Waals surface area contributed by atoms with Crippen LogP contribution >= 0.6 is 11.8 Å². The molecule has 0 radical (unpaired) electrons. The maximum atomic E-state index is 14.5. The summed E-state index contributed by atoms with van der Waals surface area (Å²) in [7, 11) is 1.44. The first-order valence-electron chi connectivity index (χ1n) is 9.35. The number of ether oxygens (including phenoxy) is 2. The zero-order chi connectivity index (χ0) is 21.5. The SMILES string of the molecule is COc1c(Nc2ccc(SCCO)cc2F)ncnc1OC1CCN(C(=O)O)CC1. The van der Waals surface area contributed by atoms with Gasteiger partial charge in [0.05, 0.1) is 19.4 Å². The summed E-state index contributed by atoms with van der Waals surface area (Å²) in [6, 6.07) is 4.70. The van der Waals surface area contributed by atoms with Gasteiger partial charge in [-0.25, -0.2) is 14.2 Å². The van der Waals surface area contributed by atoms with Gasteiger partial charge in [0.25, 0.3) is 5.88 Å². The highest BCUT2D eigenvalue weighted by molar-refractivity contribution is 7.99. The summed E-state index contributed by atoms with van der Waals surface area (Å²) >= 11 is 1.35. The highest BCUT2D eigenvalue weighted by Gasteiger charge is 2.25. The quantitative estimate of drug-likeness (QED) is 0.535. The Morgan fingerprint density at radius 1 is 1.37 bits per heavy atom. The number of amides is 1. The zero-order valence-electron chi connectivity index (χ0n) is 16.4. The van der Waals surface area contributed by atoms with E-state index in [0.29, 0.717) is 36.6 Å². The van der Waals surface area contributed by atoms with Crippen LogP contribution in [0.3, 0.4) is 0 Å². The number of rotatable bonds is 8. The van der Waals surface area contributed by atoms with Gasteiger partial charge in [0.2, 0.25) is 5.75 Å². The van der Waals surface area contributed by atoms with Gasteiger partial charge in [-0.1, -0.05) is 0 Å². The van der Waals surface area contributed by atoms with Crippen LogP contribution in [0.25, 0.3) is 0 Å². The minimum absolute atomic E-state index is 0.0164. The molecule has 2 heterocycles. The van der Waals surface area contributed by atoms with Crippen LogP contribution in [-0.2, 0) is 0 Å². The molecule has 1 saturated heterocycles. The largest absolute Gasteiger partial charge is 0.489 e. The molecule has 3 N–H and O–H groups in total. The second-order valence-corrected chi connectivity index (χ2v) is 7.65. The van der Waals surface area contributed by atoms with E-state index in [0.717, 1.165) is 0 Å². The number of aliphatic hydroxyl groups is 1. The van der Waals surface area contributed by atoms with Gasteiger partial charge in [0.15, 0.2) is 5.82 Å². The lowest BCUT2D eigenvalue weighted by Crippen LogP contribution is -2.41. The number of carbonyl (C=O) groups is 1. The molecule has 0 saturated carbocycles. The summed E-state index contributed by atoms with van der Waals surface area (Å²) < 4.78 is 25.8. The number of aliphatic hydroxyl groups excluding tert-OH is 1. The number of thioether (sulfide) groups is 1. The number of benzene rings is 1. The van der Waals surface area contributed by atoms with Gasteiger partial charge in [0, 0.05) is 36.6 Å². The standard InChI is InChI=1S/C19H23FN4O5S/c1-28-16-17(23-15-3-2-13(10-14(15)20)30-9-8-25)21-11-22-18(16)29-12-4-6-24(7-5-12)19(26)27/h2-3,10-12,25H,4-9H2,1H3,(H,26,27)(H,21,22,23). The van der Waals surface area contributed by atoms with Crippen LogP contribution in [0.1, 0.15) is 12.8 Å². The number of carboxylic acid groups (broad SMARTS) is 1. The number of halogens is 1. The van der Waals surface area contributed by atoms with Crippen LogP contribution in [0, 0.1) is 5.82 Å². The van der Waals surface area contributed by atoms with E-state index in [1.807, 2.05) is 0 Å². The van der Waals surface area contributed by atoms with Crippen molar-refractivity contribution >= 4 is 29.4 Å². The molecule has 0 atom stereocenters. The van der Waals surface area contributed by atoms with E-state index in [1.54, 1.807) is 12.1 Å². The van der Waals surface area contributed by atoms with E-state index < -0.39 is 11.9 Å². The van der Waals surface area contributed by atoms with Gasteiger partial charge in [0.1, 0.15) is 18.2 Å². The van der Waals surface area contributed by atoms with Crippen molar-refractivity contribution in [3.8, 4) is 11.6 Å². The molecule has 0 spiro atoms. The smallest absolute Gasteiger partial charge is 0.407 e. The average molecular weight is 438 g/mol. The Kier molecular flexibility index (Phi) is 7.52. The molecule has 1 aliphatic heterocycles. The van der Waals surface area contributed by atoms with Gasteiger partial charge < -0.3 is 29.9 Å². The summed E-state index contributed by atoms with van der Waals surface area (Å²) in [6.45, 7) is 0.775. The van der Waals surface area contributed by atoms with Crippen molar-refractivity contribution in [3.63, 3.8) is 0 Å². The maximum absolute atomic E-state index is 14.5. The molecule has 11 heteroatoms. The lowest BCUT2D eigenvalue weighted by Gasteiger charge is -2.30. The molecule has 1 fully saturated rings. The van der Waals surface area contributed by atoms with Crippen molar-refractivity contribution < 1.29 is 28.9 Å². The van der Waals surface area contributed by atoms with Crippen LogP contribution in [0.4, 0.5) is 20.7 Å². The molecule has 2 aromatic rings. The van der Waals surface area contributed by atoms with Crippen molar-refractivity contribution in [2.75, 3.05) is 37.9 Å². The van der Waals surface area contributed by atoms with Crippen LogP contribution < -0.4 is 14.8 Å². The number of anilines is 2. The average Bonchev–Trinajstić information content (AvgIpc) is 2.74. The number of hydrogen-bond donors (Lipinski definition) is 3. The Morgan fingerprint density at radius 3 is 2.77 bits per heavy atom. The normalized spacial score (nSPS) is 14.4. The number of nitrogens with zero attached hydrogens (tertiary/aromatic N) is 3. The molecule has 1 aromatic carbocycles. The monoisotopic (exact) mass is 438 g/mol. The molecule has 1 amide bonds. The minimum Gasteiger partial charge on any atom is -0.489 e. The second kappa shape index (κ2) is 10.3. The Balaban J connectivity index is 1.72. The van der Waals surface area contributed by atoms with E-state index in [9.17, 15) is 9.18 Å². The molecule has 30 heavy (non-hydrogen) atoms. The van der Waals surface area contributed by atoms with E-state index in [1.165, 1.54) is 36.2 Å². The van der Waals surface area contributed by atoms with E-state index >= 15 is 0 Å². The maximum Gasteiger partial charge on any atom is 0.407 e. The van der Waals surface area contributed by atoms with E-state index in [4.69, 9.17) is 19.7 Å². The summed E-state index contributed by atoms with van der Waals surface area (Å²) in [6.07, 6.45) is 1.20. The van der Waals surface area contributed by atoms with Gasteiger partial charge >= 0.3 is 6.09 Å². The third-order valence-corrected chi connectivity index (χ3v) is 5.49. The Bertz CT molecular complexity index is 880. The molecule has 3 rings (SSSR count). The second-order valence-electron chi connectivity index (χ2n) is 6.49. The Labute approximate surface area is 177 Å². The van der Waals surface area contributed by atoms with Crippen molar-refractivity contribution in [2.45, 2.75) is 23.8 Å². The first-order valence-corrected chi connectivity index (χ1v) is 10.3. The number of methoxy groups -OCH3 is 1. The first kappa shape index (κ1) is 21.9. The van der Waals surface area contributed by atoms with Gasteiger partial charge in [-0.2, -0.15) is 4.98 Å². The first-order chi connectivity index (χ1) is 14.5. The topological polar surface area (TPSA) is 117 Å². The summed E-state index contributed by atoms with van der Waals surface area (Å²) in [5.41, 5.74) is 0.209. The minimum atomic E-state index is -0.942. The van der Waals surface area contributed by atoms with Crippen molar-refractivity contribution in [3.05, 3.63) is 30.3 Å². The van der Waals surface area contributed by atoms with Crippen molar-refractivity contribution in [1.82, 2.24) is 14.9 Å². The third kappa shape index (κ3) is 5.42. The lowest BCUT2D eigenvalue weighted by atomic mass is 10.1. The molecular formula is C19H23FN4O5S. The molecule has 1 aliphatic rings. The van der Waals surface area contributed by atoms with Crippen LogP contribution in [0.2, 0.25) is 0 Å². The zero-order valence-corrected chi connectivity index (χ0v) is 17.2. The fourth-order valence-electron chi connectivity index (χ4n) is 3.02. The number of aromatic nitrogens is 2. The van der Waals surface area contributed by atoms with Crippen molar-refractivity contribution in [1.29, 1.82) is 0 Å². The van der Waals surface area contributed by atoms with Crippen LogP contribution in [-0.4, -0.2) is 69.8 Å². The van der Waals surface area contributed by atoms with Crippen LogP contribution in [0.15, 0.2) is 29.4 Å². The van der Waals surface area contributed by atoms with E-state index in [-0.39, 0.29) is 35.8 Å². The Morgan fingerprint density at radius 2 is 2.13 bits per heavy atom. The number of nitrogens with one attached hydrogen (secondary N) is 1. The summed E-state index contributed by atoms with van der Waals surface area (Å²) in [5.74, 6) is 0.704. The number of piperidine rings is 1. The number of hydrogen-bond acceptors (Lipinski definition) is 8. The highest BCUT2D eigenvalue weighted by atomic mass is 32.2. The fraction of sp³-hybridized carbons (Fsp3) is 0.421. The van der Waals surface area contributed by atoms with Crippen LogP contribution in [0.5, 0.6) is 11.6 Å². The van der Waals surface area contributed by atoms with Crippen molar-refractivity contribution in [2.24, 2.45) is 0 Å². The molecular weight excluding hydrogens is 415 g/mol. The van der Waals surface area contributed by atoms with E-state index in [2.05, 4.69) is 15.3 Å². The predicted molar refractivity (Wildman–Crippen MR) is 109 cm³/mol. The Hall–Kier alpha value is -2.79. The molecule has 162 valence electrons. The lowest BCUT2D eigenvalue weighted by molar-refractivity contribution is 0.0852. The predicted octanol–water partition coefficient (Wildman–Crippen LogP) is 2.97. The molecule has 0 bridgehead atoms. The molecule has 1 aromatic heterocycles. The number of likely N-dealkylation sites (tertiary alicyclic amines) is 1. The molecule has 0 aliphatic carbocycles. The molecule has 9 nitrogen and oxygen atoms in total. The van der Waals surface area contributed by atoms with Gasteiger partial charge in [-0.3, -0.25) is 0 Å². The third-order valence-electron chi connectivity index (χ3n) is 4.52. The van der Waals surface area contributed by atoms with Gasteiger partial charge in [-0.05, 0) is 18.2 Å². The summed E-state index contributed by atoms with van der Waals surface area (Å²) in [4.78, 5) is 21.3. The molecule has 0 unspecified atom stereocenters. The fourth-order valence-corrected chi connectivity index (χ4v) is 3.69. The highest BCUT2D eigenvalue weighted by Crippen LogP contribution is 2.35.